The van der Waals surface area contributed by atoms with Gasteiger partial charge in [0.05, 0.1) is 56.5 Å². The van der Waals surface area contributed by atoms with Crippen molar-refractivity contribution in [2.24, 2.45) is 35.5 Å². The van der Waals surface area contributed by atoms with Crippen molar-refractivity contribution >= 4 is 29.2 Å². The quantitative estimate of drug-likeness (QED) is 0.165. The molecule has 0 aromatic carbocycles. The molecule has 4 heterocycles. The van der Waals surface area contributed by atoms with Crippen LogP contribution >= 0.6 is 0 Å². The summed E-state index contributed by atoms with van der Waals surface area (Å²) in [7, 11) is 6.26. The van der Waals surface area contributed by atoms with Crippen LogP contribution in [0.4, 0.5) is 0 Å². The Labute approximate surface area is 444 Å². The maximum Gasteiger partial charge on any atom is 0.329 e. The molecular formula is C57H88N4O14. The Kier molecular flexibility index (Phi) is 24.2. The number of Topliss-reactive ketones (excluding diaryl/α,β-unsaturated/α-hetero) is 3. The number of esters is 1. The number of carbonyl (C=O) groups is 5. The molecule has 1 saturated carbocycles. The van der Waals surface area contributed by atoms with Crippen LogP contribution in [0.5, 0.6) is 0 Å². The first-order valence-corrected chi connectivity index (χ1v) is 27.2. The number of methoxy groups -OCH3 is 4. The summed E-state index contributed by atoms with van der Waals surface area (Å²) in [5.41, 5.74) is 1.89. The first-order chi connectivity index (χ1) is 35.7. The minimum Gasteiger partial charge on any atom is -0.460 e. The van der Waals surface area contributed by atoms with Gasteiger partial charge >= 0.3 is 5.97 Å². The van der Waals surface area contributed by atoms with E-state index in [1.165, 1.54) is 12.0 Å². The van der Waals surface area contributed by atoms with Gasteiger partial charge in [-0.1, -0.05) is 76.3 Å². The van der Waals surface area contributed by atoms with E-state index in [2.05, 4.69) is 10.3 Å². The predicted molar refractivity (Wildman–Crippen MR) is 280 cm³/mol. The minimum atomic E-state index is -2.44. The number of ketones is 3. The molecule has 420 valence electrons. The van der Waals surface area contributed by atoms with Crippen LogP contribution in [0.15, 0.2) is 53.8 Å². The molecule has 2 bridgehead atoms. The van der Waals surface area contributed by atoms with Crippen molar-refractivity contribution in [1.29, 1.82) is 0 Å². The summed E-state index contributed by atoms with van der Waals surface area (Å²) in [5.74, 6) is -8.00. The number of hydrogen-bond acceptors (Lipinski definition) is 16. The summed E-state index contributed by atoms with van der Waals surface area (Å²) in [5, 5.41) is 32.0. The average molecular weight is 1050 g/mol. The third-order valence-electron chi connectivity index (χ3n) is 16.0. The molecule has 0 radical (unpaired) electrons. The second-order valence-electron chi connectivity index (χ2n) is 21.9. The van der Waals surface area contributed by atoms with Crippen molar-refractivity contribution in [3.8, 4) is 0 Å². The number of fused-ring (bicyclic) bond motifs is 3. The Morgan fingerprint density at radius 1 is 0.880 bits per heavy atom. The molecule has 1 unspecified atom stereocenters. The molecule has 3 fully saturated rings. The van der Waals surface area contributed by atoms with E-state index in [0.29, 0.717) is 82.2 Å². The van der Waals surface area contributed by atoms with Crippen LogP contribution in [0.2, 0.25) is 0 Å². The van der Waals surface area contributed by atoms with Gasteiger partial charge in [-0.05, 0) is 107 Å². The molecular weight excluding hydrogens is 965 g/mol. The highest BCUT2D eigenvalue weighted by atomic mass is 16.6. The van der Waals surface area contributed by atoms with Crippen LogP contribution in [-0.2, 0) is 70.3 Å². The molecule has 15 atom stereocenters. The van der Waals surface area contributed by atoms with E-state index in [-0.39, 0.29) is 67.5 Å². The smallest absolute Gasteiger partial charge is 0.329 e. The molecule has 1 aliphatic carbocycles. The second-order valence-corrected chi connectivity index (χ2v) is 21.9. The molecule has 5 rings (SSSR count). The topological polar surface area (TPSA) is 224 Å². The number of carbonyl (C=O) groups excluding carboxylic acids is 5. The fourth-order valence-corrected chi connectivity index (χ4v) is 11.2. The van der Waals surface area contributed by atoms with Crippen molar-refractivity contribution in [2.45, 2.75) is 193 Å². The van der Waals surface area contributed by atoms with Gasteiger partial charge in [-0.25, -0.2) is 9.48 Å². The second kappa shape index (κ2) is 29.5. The Hall–Kier alpha value is -4.27. The van der Waals surface area contributed by atoms with Gasteiger partial charge < -0.3 is 48.3 Å². The number of aliphatic hydroxyl groups excluding tert-OH is 1. The van der Waals surface area contributed by atoms with E-state index in [4.69, 9.17) is 33.2 Å². The Morgan fingerprint density at radius 3 is 2.35 bits per heavy atom. The van der Waals surface area contributed by atoms with E-state index in [1.54, 1.807) is 52.9 Å². The summed E-state index contributed by atoms with van der Waals surface area (Å²) in [4.78, 5) is 72.7. The standard InChI is InChI=1S/C57H88N4O14/c1-35-17-13-12-14-18-36(2)48(70-9)31-44-22-20-41(7)57(68,75-44)54(65)55(66)61-24-16-15-19-45(61)56(67)74-49(32-46(62)37(3)28-40(6)52(64)53(72-11)51(63)39(5)27-35)38(4)29-42-21-23-47(50(30-42)71-10)73-34-43-33-60(59-58-43)25-26-69-8/h12-14,17-18,28,33,35,38-42,44-45,47-50,52-53,64,68H,15-16,19-27,29-32,34H2,1-11H3/b14-12?,17-13?,36-18?,37-28+/t35-,38-,39-,40?,41-,42+,44+,45+,47-,48+,49+,50-,52-,53+,57-/m1/s1. The fourth-order valence-electron chi connectivity index (χ4n) is 11.2. The van der Waals surface area contributed by atoms with E-state index in [9.17, 15) is 34.2 Å². The van der Waals surface area contributed by atoms with Gasteiger partial charge in [0.15, 0.2) is 11.6 Å². The van der Waals surface area contributed by atoms with Crippen molar-refractivity contribution in [3.05, 3.63) is 59.5 Å². The zero-order valence-corrected chi connectivity index (χ0v) is 46.5. The third-order valence-corrected chi connectivity index (χ3v) is 16.0. The van der Waals surface area contributed by atoms with Gasteiger partial charge in [-0.3, -0.25) is 19.2 Å². The van der Waals surface area contributed by atoms with E-state index >= 15 is 0 Å². The van der Waals surface area contributed by atoms with Crippen LogP contribution in [0, 0.1) is 35.5 Å². The summed E-state index contributed by atoms with van der Waals surface area (Å²) < 4.78 is 43.2. The first kappa shape index (κ1) is 61.6. The van der Waals surface area contributed by atoms with Crippen LogP contribution in [0.25, 0.3) is 0 Å². The molecule has 18 heteroatoms. The van der Waals surface area contributed by atoms with Gasteiger partial charge in [-0.15, -0.1) is 5.10 Å². The van der Waals surface area contributed by atoms with Gasteiger partial charge in [0.2, 0.25) is 5.79 Å². The highest BCUT2D eigenvalue weighted by Crippen LogP contribution is 2.38. The number of nitrogens with zero attached hydrogens (tertiary/aromatic N) is 4. The van der Waals surface area contributed by atoms with Gasteiger partial charge in [0.25, 0.3) is 11.7 Å². The highest BCUT2D eigenvalue weighted by Gasteiger charge is 2.53. The molecule has 4 aliphatic rings. The third kappa shape index (κ3) is 16.9. The van der Waals surface area contributed by atoms with E-state index in [1.807, 2.05) is 64.3 Å². The largest absolute Gasteiger partial charge is 0.460 e. The summed E-state index contributed by atoms with van der Waals surface area (Å²) in [6, 6.07) is -1.16. The number of piperidine rings is 1. The van der Waals surface area contributed by atoms with Crippen molar-refractivity contribution < 1.29 is 67.3 Å². The molecule has 1 aromatic heterocycles. The number of cyclic esters (lactones) is 1. The monoisotopic (exact) mass is 1050 g/mol. The van der Waals surface area contributed by atoms with Crippen molar-refractivity contribution in [3.63, 3.8) is 0 Å². The molecule has 2 N–H and O–H groups in total. The SMILES string of the molecule is COCCn1cc(CO[C@@H]2CC[C@@H](C[C@@H](C)[C@@H]3CC(=O)/C(C)=C/C(C)[C@@H](O)[C@@H](OC)C(=O)[C@H](C)C[C@H](C)C=CC=CC=C(C)[C@@H](OC)C[C@@H]4CC[C@@H](C)[C@@](O)(O4)C(=O)C(=O)N4CCCC[C@H]4C(=O)O3)C[C@H]2OC)nn1. The highest BCUT2D eigenvalue weighted by molar-refractivity contribution is 6.39. The van der Waals surface area contributed by atoms with Crippen LogP contribution in [0.1, 0.15) is 131 Å². The number of aliphatic hydroxyl groups is 2. The summed E-state index contributed by atoms with van der Waals surface area (Å²) in [6.07, 6.45) is 13.8. The van der Waals surface area contributed by atoms with Crippen molar-refractivity contribution in [2.75, 3.05) is 41.6 Å². The van der Waals surface area contributed by atoms with E-state index in [0.717, 1.165) is 12.0 Å². The van der Waals surface area contributed by atoms with Crippen molar-refractivity contribution in [1.82, 2.24) is 19.9 Å². The molecule has 2 saturated heterocycles. The van der Waals surface area contributed by atoms with Gasteiger partial charge in [0.1, 0.15) is 23.9 Å². The Balaban J connectivity index is 1.42. The number of ether oxygens (including phenoxy) is 7. The fraction of sp³-hybridized carbons (Fsp3) is 0.737. The molecule has 0 spiro atoms. The molecule has 3 aliphatic heterocycles. The molecule has 1 aromatic rings. The van der Waals surface area contributed by atoms with Crippen LogP contribution in [-0.4, -0.2) is 155 Å². The lowest BCUT2D eigenvalue weighted by molar-refractivity contribution is -0.265. The Bertz CT molecular complexity index is 2170. The average Bonchev–Trinajstić information content (AvgIpc) is 3.86. The normalized spacial score (nSPS) is 35.1. The van der Waals surface area contributed by atoms with Gasteiger partial charge in [-0.2, -0.15) is 0 Å². The summed E-state index contributed by atoms with van der Waals surface area (Å²) >= 11 is 0. The maximum absolute atomic E-state index is 14.6. The lowest BCUT2D eigenvalue weighted by Gasteiger charge is -2.42. The molecule has 18 nitrogen and oxygen atoms in total. The molecule has 75 heavy (non-hydrogen) atoms. The zero-order valence-electron chi connectivity index (χ0n) is 46.5. The zero-order chi connectivity index (χ0) is 55.0. The lowest BCUT2D eigenvalue weighted by atomic mass is 9.78. The molecule has 1 amide bonds. The van der Waals surface area contributed by atoms with Crippen LogP contribution in [0.3, 0.4) is 0 Å². The van der Waals surface area contributed by atoms with E-state index < -0.39 is 77.8 Å². The minimum absolute atomic E-state index is 0.0138. The first-order valence-electron chi connectivity index (χ1n) is 27.2. The predicted octanol–water partition coefficient (Wildman–Crippen LogP) is 6.64. The Morgan fingerprint density at radius 2 is 1.64 bits per heavy atom. The number of amides is 1. The number of aromatic nitrogens is 3. The number of allylic oxidation sites excluding steroid dienone is 6. The van der Waals surface area contributed by atoms with Gasteiger partial charge in [0, 0.05) is 65.6 Å². The number of hydrogen-bond donors (Lipinski definition) is 2. The number of rotatable bonds is 12. The lowest BCUT2D eigenvalue weighted by Crippen LogP contribution is -2.61. The van der Waals surface area contributed by atoms with Crippen LogP contribution < -0.4 is 0 Å². The maximum atomic E-state index is 14.6. The summed E-state index contributed by atoms with van der Waals surface area (Å²) in [6.45, 7) is 14.2.